The molecule has 1 unspecified atom stereocenters. The molecule has 37 heavy (non-hydrogen) atoms. The van der Waals surface area contributed by atoms with Crippen LogP contribution in [0.15, 0.2) is 84.3 Å². The van der Waals surface area contributed by atoms with Gasteiger partial charge in [-0.25, -0.2) is 4.98 Å². The van der Waals surface area contributed by atoms with Crippen LogP contribution in [0.1, 0.15) is 30.4 Å². The lowest BCUT2D eigenvalue weighted by molar-refractivity contribution is -0.123. The highest BCUT2D eigenvalue weighted by atomic mass is 35.5. The van der Waals surface area contributed by atoms with Gasteiger partial charge in [0.15, 0.2) is 0 Å². The lowest BCUT2D eigenvalue weighted by Gasteiger charge is -2.38. The summed E-state index contributed by atoms with van der Waals surface area (Å²) < 4.78 is 11.9. The van der Waals surface area contributed by atoms with Crippen LogP contribution in [0.3, 0.4) is 0 Å². The minimum atomic E-state index is -0.815. The minimum Gasteiger partial charge on any atom is -0.438 e. The third-order valence-electron chi connectivity index (χ3n) is 7.00. The number of allylic oxidation sites excluding steroid dienone is 4. The summed E-state index contributed by atoms with van der Waals surface area (Å²) >= 11 is 6.01. The number of hydrogen-bond donors (Lipinski definition) is 2. The molecule has 0 radical (unpaired) electrons. The maximum absolute atomic E-state index is 11.3. The fourth-order valence-corrected chi connectivity index (χ4v) is 5.08. The normalized spacial score (nSPS) is 21.8. The molecule has 8 heteroatoms. The molecule has 1 fully saturated rings. The number of aromatic nitrogens is 1. The number of pyridine rings is 1. The average molecular weight is 520 g/mol. The summed E-state index contributed by atoms with van der Waals surface area (Å²) in [6, 6.07) is 11.4. The number of nitrogens with zero attached hydrogens (tertiary/aromatic N) is 2. The number of benzene rings is 1. The number of likely N-dealkylation sites (tertiary alicyclic amines) is 1. The largest absolute Gasteiger partial charge is 0.438 e. The predicted octanol–water partition coefficient (Wildman–Crippen LogP) is 4.14. The van der Waals surface area contributed by atoms with Crippen molar-refractivity contribution in [3.63, 3.8) is 0 Å². The van der Waals surface area contributed by atoms with E-state index < -0.39 is 17.6 Å². The summed E-state index contributed by atoms with van der Waals surface area (Å²) in [5.74, 6) is 0.642. The van der Waals surface area contributed by atoms with Gasteiger partial charge in [0.1, 0.15) is 18.5 Å². The van der Waals surface area contributed by atoms with Crippen molar-refractivity contribution >= 4 is 23.1 Å². The van der Waals surface area contributed by atoms with Gasteiger partial charge in [-0.15, -0.1) is 0 Å². The number of halogens is 1. The topological polar surface area (TPSA) is 97.9 Å². The predicted molar refractivity (Wildman–Crippen MR) is 143 cm³/mol. The highest BCUT2D eigenvalue weighted by Gasteiger charge is 2.33. The molecule has 0 bridgehead atoms. The Bertz CT molecular complexity index is 1270. The van der Waals surface area contributed by atoms with E-state index in [1.165, 1.54) is 0 Å². The average Bonchev–Trinajstić information content (AvgIpc) is 3.06. The van der Waals surface area contributed by atoms with Gasteiger partial charge in [0, 0.05) is 42.0 Å². The first-order chi connectivity index (χ1) is 17.9. The van der Waals surface area contributed by atoms with Crippen LogP contribution in [0.4, 0.5) is 0 Å². The highest BCUT2D eigenvalue weighted by Crippen LogP contribution is 2.37. The molecule has 1 aromatic carbocycles. The zero-order valence-corrected chi connectivity index (χ0v) is 21.2. The second-order valence-electron chi connectivity index (χ2n) is 9.50. The first-order valence-electron chi connectivity index (χ1n) is 12.5. The van der Waals surface area contributed by atoms with E-state index in [1.807, 2.05) is 60.7 Å². The molecule has 3 N–H and O–H groups in total. The first-order valence-corrected chi connectivity index (χ1v) is 12.8. The van der Waals surface area contributed by atoms with Crippen LogP contribution in [0, 0.1) is 0 Å². The quantitative estimate of drug-likeness (QED) is 0.570. The molecule has 0 spiro atoms. The molecule has 192 valence electrons. The number of nitrogens with two attached hydrogens (primary N) is 1. The molecule has 7 nitrogen and oxygen atoms in total. The summed E-state index contributed by atoms with van der Waals surface area (Å²) in [7, 11) is 0. The van der Waals surface area contributed by atoms with Gasteiger partial charge in [-0.1, -0.05) is 42.0 Å². The molecular weight excluding hydrogens is 490 g/mol. The lowest BCUT2D eigenvalue weighted by atomic mass is 9.84. The van der Waals surface area contributed by atoms with E-state index >= 15 is 0 Å². The summed E-state index contributed by atoms with van der Waals surface area (Å²) in [4.78, 5) is 18.1. The van der Waals surface area contributed by atoms with Crippen LogP contribution >= 0.6 is 11.6 Å². The van der Waals surface area contributed by atoms with Crippen LogP contribution in [0.25, 0.3) is 5.57 Å². The number of hydrogen-bond acceptors (Lipinski definition) is 6. The van der Waals surface area contributed by atoms with Gasteiger partial charge in [0.2, 0.25) is 11.8 Å². The lowest BCUT2D eigenvalue weighted by Crippen LogP contribution is -2.42. The Hall–Kier alpha value is -3.23. The first kappa shape index (κ1) is 25.4. The maximum atomic E-state index is 11.3. The second kappa shape index (κ2) is 11.0. The van der Waals surface area contributed by atoms with Crippen molar-refractivity contribution in [1.82, 2.24) is 9.88 Å². The summed E-state index contributed by atoms with van der Waals surface area (Å²) in [5.41, 5.74) is 8.11. The third kappa shape index (κ3) is 5.86. The number of piperidine rings is 1. The van der Waals surface area contributed by atoms with E-state index in [-0.39, 0.29) is 6.61 Å². The highest BCUT2D eigenvalue weighted by molar-refractivity contribution is 6.30. The van der Waals surface area contributed by atoms with Crippen molar-refractivity contribution in [2.75, 3.05) is 26.2 Å². The molecule has 1 saturated heterocycles. The molecule has 1 atom stereocenters. The minimum absolute atomic E-state index is 0.179. The van der Waals surface area contributed by atoms with Crippen molar-refractivity contribution in [3.8, 4) is 5.88 Å². The molecule has 3 heterocycles. The summed E-state index contributed by atoms with van der Waals surface area (Å²) in [6.07, 6.45) is 13.2. The van der Waals surface area contributed by atoms with Crippen molar-refractivity contribution in [2.24, 2.45) is 5.73 Å². The Morgan fingerprint density at radius 1 is 1.27 bits per heavy atom. The Morgan fingerprint density at radius 3 is 2.81 bits per heavy atom. The Balaban J connectivity index is 1.29. The van der Waals surface area contributed by atoms with Crippen molar-refractivity contribution < 1.29 is 19.4 Å². The van der Waals surface area contributed by atoms with Crippen molar-refractivity contribution in [1.29, 1.82) is 0 Å². The SMILES string of the molecule is NC(=O)COC1C=CC=C2Oc3ncccc3C(=CCCN3CCC(O)(c4ccc(Cl)cc4)CC3)C=C21. The van der Waals surface area contributed by atoms with Gasteiger partial charge < -0.3 is 25.2 Å². The Morgan fingerprint density at radius 2 is 2.05 bits per heavy atom. The van der Waals surface area contributed by atoms with E-state index in [2.05, 4.69) is 16.0 Å². The number of amides is 1. The number of rotatable bonds is 7. The van der Waals surface area contributed by atoms with Gasteiger partial charge in [-0.3, -0.25) is 4.79 Å². The van der Waals surface area contributed by atoms with E-state index in [0.717, 1.165) is 48.3 Å². The number of carbonyl (C=O) groups is 1. The van der Waals surface area contributed by atoms with Gasteiger partial charge in [-0.2, -0.15) is 0 Å². The number of ether oxygens (including phenoxy) is 2. The Kier molecular flexibility index (Phi) is 7.58. The Labute approximate surface area is 221 Å². The summed E-state index contributed by atoms with van der Waals surface area (Å²) in [5, 5.41) is 11.8. The molecule has 3 aliphatic rings. The van der Waals surface area contributed by atoms with E-state index in [0.29, 0.717) is 29.5 Å². The molecule has 2 aromatic rings. The van der Waals surface area contributed by atoms with E-state index in [4.69, 9.17) is 26.8 Å². The number of aliphatic hydroxyl groups is 1. The number of fused-ring (bicyclic) bond motifs is 2. The van der Waals surface area contributed by atoms with E-state index in [1.54, 1.807) is 6.20 Å². The van der Waals surface area contributed by atoms with Gasteiger partial charge in [0.05, 0.1) is 5.60 Å². The molecule has 2 aliphatic heterocycles. The van der Waals surface area contributed by atoms with Crippen LogP contribution in [0.2, 0.25) is 5.02 Å². The standard InChI is InChI=1S/C29H30ClN3O4/c30-22-10-8-21(9-11-22)29(35)12-16-33(17-13-29)15-3-4-20-18-24-25(36-19-27(31)34)6-1-7-26(24)37-28-23(20)5-2-14-32-28/h1-2,4-11,14,18,25,35H,3,12-13,15-17,19H2,(H2,31,34). The van der Waals surface area contributed by atoms with Gasteiger partial charge in [-0.05, 0) is 66.8 Å². The van der Waals surface area contributed by atoms with Gasteiger partial charge >= 0.3 is 0 Å². The van der Waals surface area contributed by atoms with Crippen LogP contribution in [-0.2, 0) is 15.1 Å². The monoisotopic (exact) mass is 519 g/mol. The molecule has 1 aliphatic carbocycles. The smallest absolute Gasteiger partial charge is 0.243 e. The van der Waals surface area contributed by atoms with Crippen LogP contribution in [0.5, 0.6) is 5.88 Å². The fourth-order valence-electron chi connectivity index (χ4n) is 4.96. The molecule has 1 aromatic heterocycles. The van der Waals surface area contributed by atoms with E-state index in [9.17, 15) is 9.90 Å². The molecule has 5 rings (SSSR count). The van der Waals surface area contributed by atoms with Crippen LogP contribution in [-0.4, -0.2) is 53.2 Å². The molecule has 0 saturated carbocycles. The second-order valence-corrected chi connectivity index (χ2v) is 9.94. The van der Waals surface area contributed by atoms with Crippen molar-refractivity contribution in [3.05, 3.63) is 100 Å². The number of carbonyl (C=O) groups excluding carboxylic acids is 1. The zero-order valence-electron chi connectivity index (χ0n) is 20.5. The van der Waals surface area contributed by atoms with Gasteiger partial charge in [0.25, 0.3) is 0 Å². The van der Waals surface area contributed by atoms with Crippen molar-refractivity contribution in [2.45, 2.75) is 31.0 Å². The fraction of sp³-hybridized carbons (Fsp3) is 0.310. The summed E-state index contributed by atoms with van der Waals surface area (Å²) in [6.45, 7) is 2.31. The molecule has 1 amide bonds. The maximum Gasteiger partial charge on any atom is 0.243 e. The molecular formula is C29H30ClN3O4. The zero-order chi connectivity index (χ0) is 25.8. The van der Waals surface area contributed by atoms with Crippen LogP contribution < -0.4 is 10.5 Å². The number of primary amides is 1. The third-order valence-corrected chi connectivity index (χ3v) is 7.26.